The number of phenols is 1. The number of rotatable bonds is 13. The summed E-state index contributed by atoms with van der Waals surface area (Å²) >= 11 is 0. The Morgan fingerprint density at radius 2 is 1.44 bits per heavy atom. The number of hydrogen-bond acceptors (Lipinski definition) is 7. The molecule has 3 amide bonds. The number of carbonyl (C=O) groups is 4. The van der Waals surface area contributed by atoms with Gasteiger partial charge in [0.2, 0.25) is 17.7 Å². The lowest BCUT2D eigenvalue weighted by Gasteiger charge is -2.29. The number of nitrogens with two attached hydrogens (primary N) is 1. The van der Waals surface area contributed by atoms with Crippen LogP contribution in [0.15, 0.2) is 24.3 Å². The van der Waals surface area contributed by atoms with Crippen molar-refractivity contribution in [2.45, 2.75) is 64.7 Å². The lowest BCUT2D eigenvalue weighted by Crippen LogP contribution is -2.60. The van der Waals surface area contributed by atoms with Crippen LogP contribution in [0, 0.1) is 11.8 Å². The Kier molecular flexibility index (Phi) is 11.5. The van der Waals surface area contributed by atoms with E-state index in [1.54, 1.807) is 32.9 Å². The smallest absolute Gasteiger partial charge is 0.328 e. The Labute approximate surface area is 199 Å². The van der Waals surface area contributed by atoms with E-state index in [2.05, 4.69) is 16.0 Å². The maximum absolute atomic E-state index is 13.1. The van der Waals surface area contributed by atoms with Crippen LogP contribution in [0.4, 0.5) is 0 Å². The number of amides is 3. The van der Waals surface area contributed by atoms with Gasteiger partial charge in [-0.3, -0.25) is 14.4 Å². The molecule has 0 heterocycles. The van der Waals surface area contributed by atoms with Gasteiger partial charge in [0.05, 0.1) is 12.6 Å². The van der Waals surface area contributed by atoms with Crippen molar-refractivity contribution in [1.82, 2.24) is 16.0 Å². The molecule has 0 aliphatic rings. The number of benzene rings is 1. The van der Waals surface area contributed by atoms with Crippen LogP contribution in [0.3, 0.4) is 0 Å². The summed E-state index contributed by atoms with van der Waals surface area (Å²) in [5, 5.41) is 35.0. The number of carboxylic acid groups (broad SMARTS) is 1. The zero-order valence-corrected chi connectivity index (χ0v) is 19.9. The number of carbonyl (C=O) groups excluding carboxylic acids is 3. The van der Waals surface area contributed by atoms with Crippen molar-refractivity contribution in [1.29, 1.82) is 0 Å². The maximum Gasteiger partial charge on any atom is 0.328 e. The fourth-order valence-corrected chi connectivity index (χ4v) is 3.17. The Morgan fingerprint density at radius 1 is 0.912 bits per heavy atom. The molecule has 11 heteroatoms. The van der Waals surface area contributed by atoms with Crippen molar-refractivity contribution < 1.29 is 34.5 Å². The molecule has 0 aliphatic heterocycles. The third-order valence-electron chi connectivity index (χ3n) is 5.57. The minimum absolute atomic E-state index is 0.0905. The van der Waals surface area contributed by atoms with Crippen molar-refractivity contribution in [2.24, 2.45) is 17.6 Å². The van der Waals surface area contributed by atoms with E-state index in [-0.39, 0.29) is 18.1 Å². The second-order valence-electron chi connectivity index (χ2n) is 8.66. The highest BCUT2D eigenvalue weighted by Gasteiger charge is 2.33. The molecule has 190 valence electrons. The van der Waals surface area contributed by atoms with E-state index in [1.165, 1.54) is 12.1 Å². The summed E-state index contributed by atoms with van der Waals surface area (Å²) in [4.78, 5) is 49.5. The van der Waals surface area contributed by atoms with Gasteiger partial charge in [0.25, 0.3) is 0 Å². The number of carboxylic acids is 1. The van der Waals surface area contributed by atoms with Crippen LogP contribution in [0.2, 0.25) is 0 Å². The van der Waals surface area contributed by atoms with Crippen LogP contribution in [0.25, 0.3) is 0 Å². The zero-order valence-electron chi connectivity index (χ0n) is 19.9. The first-order chi connectivity index (χ1) is 15.9. The van der Waals surface area contributed by atoms with E-state index in [0.717, 1.165) is 5.56 Å². The second-order valence-corrected chi connectivity index (χ2v) is 8.66. The van der Waals surface area contributed by atoms with Gasteiger partial charge in [-0.25, -0.2) is 4.79 Å². The van der Waals surface area contributed by atoms with Gasteiger partial charge in [-0.15, -0.1) is 0 Å². The molecule has 0 bridgehead atoms. The molecular weight excluding hydrogens is 444 g/mol. The topological polar surface area (TPSA) is 191 Å². The number of aliphatic carboxylic acids is 1. The van der Waals surface area contributed by atoms with Crippen LogP contribution < -0.4 is 21.7 Å². The number of phenolic OH excluding ortho intramolecular Hbond substituents is 1. The summed E-state index contributed by atoms with van der Waals surface area (Å²) in [5.74, 6) is -3.92. The molecule has 0 radical (unpaired) electrons. The average molecular weight is 481 g/mol. The SMILES string of the molecule is CCC(C)C(NC(=O)C(N)Cc1ccc(O)cc1)C(=O)NC(C(=O)NC(CO)C(=O)O)C(C)C. The highest BCUT2D eigenvalue weighted by Crippen LogP contribution is 2.13. The highest BCUT2D eigenvalue weighted by molar-refractivity contribution is 5.94. The maximum atomic E-state index is 13.1. The predicted octanol–water partition coefficient (Wildman–Crippen LogP) is -0.505. The molecule has 0 aromatic heterocycles. The van der Waals surface area contributed by atoms with Gasteiger partial charge >= 0.3 is 5.97 Å². The van der Waals surface area contributed by atoms with Crippen molar-refractivity contribution in [3.63, 3.8) is 0 Å². The fourth-order valence-electron chi connectivity index (χ4n) is 3.17. The first-order valence-electron chi connectivity index (χ1n) is 11.2. The second kappa shape index (κ2) is 13.5. The van der Waals surface area contributed by atoms with Crippen molar-refractivity contribution in [3.05, 3.63) is 29.8 Å². The van der Waals surface area contributed by atoms with Crippen molar-refractivity contribution in [2.75, 3.05) is 6.61 Å². The van der Waals surface area contributed by atoms with E-state index in [0.29, 0.717) is 6.42 Å². The van der Waals surface area contributed by atoms with Gasteiger partial charge in [0.15, 0.2) is 0 Å². The average Bonchev–Trinajstić information content (AvgIpc) is 2.79. The first-order valence-corrected chi connectivity index (χ1v) is 11.2. The number of nitrogens with one attached hydrogen (secondary N) is 3. The molecule has 0 saturated carbocycles. The van der Waals surface area contributed by atoms with E-state index in [9.17, 15) is 24.3 Å². The molecule has 11 nitrogen and oxygen atoms in total. The predicted molar refractivity (Wildman–Crippen MR) is 125 cm³/mol. The van der Waals surface area contributed by atoms with Crippen LogP contribution in [-0.4, -0.2) is 69.8 Å². The molecule has 0 aliphatic carbocycles. The van der Waals surface area contributed by atoms with Crippen molar-refractivity contribution >= 4 is 23.7 Å². The fraction of sp³-hybridized carbons (Fsp3) is 0.565. The lowest BCUT2D eigenvalue weighted by molar-refractivity contribution is -0.143. The van der Waals surface area contributed by atoms with Gasteiger partial charge in [-0.05, 0) is 36.0 Å². The minimum Gasteiger partial charge on any atom is -0.508 e. The summed E-state index contributed by atoms with van der Waals surface area (Å²) in [5.41, 5.74) is 6.76. The number of aliphatic hydroxyl groups is 1. The van der Waals surface area contributed by atoms with Crippen LogP contribution >= 0.6 is 0 Å². The minimum atomic E-state index is -1.51. The Hall–Kier alpha value is -3.18. The monoisotopic (exact) mass is 480 g/mol. The third-order valence-corrected chi connectivity index (χ3v) is 5.57. The number of aromatic hydroxyl groups is 1. The molecule has 1 aromatic carbocycles. The largest absolute Gasteiger partial charge is 0.508 e. The van der Waals surface area contributed by atoms with Crippen LogP contribution in [0.5, 0.6) is 5.75 Å². The summed E-state index contributed by atoms with van der Waals surface area (Å²) < 4.78 is 0. The Bertz CT molecular complexity index is 844. The van der Waals surface area contributed by atoms with Crippen LogP contribution in [0.1, 0.15) is 39.7 Å². The molecule has 1 rings (SSSR count). The van der Waals surface area contributed by atoms with Gasteiger partial charge in [-0.1, -0.05) is 46.2 Å². The molecule has 34 heavy (non-hydrogen) atoms. The van der Waals surface area contributed by atoms with Crippen LogP contribution in [-0.2, 0) is 25.6 Å². The molecule has 0 fully saturated rings. The van der Waals surface area contributed by atoms with Gasteiger partial charge < -0.3 is 37.0 Å². The van der Waals surface area contributed by atoms with Gasteiger partial charge in [0, 0.05) is 0 Å². The summed E-state index contributed by atoms with van der Waals surface area (Å²) in [6, 6.07) is 1.73. The summed E-state index contributed by atoms with van der Waals surface area (Å²) in [7, 11) is 0. The third kappa shape index (κ3) is 8.64. The first kappa shape index (κ1) is 28.9. The van der Waals surface area contributed by atoms with Gasteiger partial charge in [0.1, 0.15) is 23.9 Å². The van der Waals surface area contributed by atoms with Crippen molar-refractivity contribution in [3.8, 4) is 5.75 Å². The molecular formula is C23H36N4O7. The van der Waals surface area contributed by atoms with E-state index in [4.69, 9.17) is 15.9 Å². The van der Waals surface area contributed by atoms with E-state index in [1.807, 2.05) is 6.92 Å². The van der Waals surface area contributed by atoms with E-state index < -0.39 is 60.4 Å². The molecule has 0 saturated heterocycles. The summed E-state index contributed by atoms with van der Waals surface area (Å²) in [6.07, 6.45) is 0.741. The highest BCUT2D eigenvalue weighted by atomic mass is 16.4. The summed E-state index contributed by atoms with van der Waals surface area (Å²) in [6.45, 7) is 6.16. The molecule has 5 unspecified atom stereocenters. The molecule has 1 aromatic rings. The zero-order chi connectivity index (χ0) is 26.0. The molecule has 0 spiro atoms. The Morgan fingerprint density at radius 3 is 1.91 bits per heavy atom. The Balaban J connectivity index is 2.93. The lowest BCUT2D eigenvalue weighted by atomic mass is 9.95. The normalized spacial score (nSPS) is 15.5. The number of hydrogen-bond donors (Lipinski definition) is 7. The molecule has 5 atom stereocenters. The van der Waals surface area contributed by atoms with Gasteiger partial charge in [-0.2, -0.15) is 0 Å². The molecule has 8 N–H and O–H groups in total. The standard InChI is InChI=1S/C23H36N4O7/c1-5-13(4)19(27-20(30)16(24)10-14-6-8-15(29)9-7-14)22(32)26-18(12(2)3)21(31)25-17(11-28)23(33)34/h6-9,12-13,16-19,28-29H,5,10-11,24H2,1-4H3,(H,25,31)(H,26,32)(H,27,30)(H,33,34). The quantitative estimate of drug-likeness (QED) is 0.196. The van der Waals surface area contributed by atoms with E-state index >= 15 is 0 Å². The number of aliphatic hydroxyl groups excluding tert-OH is 1.